The van der Waals surface area contributed by atoms with Crippen LogP contribution < -0.4 is 5.32 Å². The molecule has 0 bridgehead atoms. The summed E-state index contributed by atoms with van der Waals surface area (Å²) in [5.41, 5.74) is 0.399. The fourth-order valence-electron chi connectivity index (χ4n) is 2.57. The first kappa shape index (κ1) is 17.4. The van der Waals surface area contributed by atoms with E-state index in [9.17, 15) is 18.0 Å². The number of benzene rings is 1. The molecule has 23 heavy (non-hydrogen) atoms. The second-order valence-corrected chi connectivity index (χ2v) is 7.24. The molecule has 1 saturated heterocycles. The van der Waals surface area contributed by atoms with Crippen LogP contribution in [0.3, 0.4) is 0 Å². The number of sulfonamides is 1. The Bertz CT molecular complexity index is 676. The van der Waals surface area contributed by atoms with Gasteiger partial charge in [0.25, 0.3) is 5.91 Å². The van der Waals surface area contributed by atoms with Gasteiger partial charge in [-0.3, -0.25) is 9.59 Å². The van der Waals surface area contributed by atoms with Gasteiger partial charge in [-0.25, -0.2) is 8.42 Å². The van der Waals surface area contributed by atoms with E-state index in [0.717, 1.165) is 0 Å². The van der Waals surface area contributed by atoms with Crippen molar-refractivity contribution in [2.45, 2.75) is 17.7 Å². The third-order valence-corrected chi connectivity index (χ3v) is 5.88. The number of piperidine rings is 1. The van der Waals surface area contributed by atoms with Gasteiger partial charge in [0.1, 0.15) is 0 Å². The quantitative estimate of drug-likeness (QED) is 0.811. The maximum absolute atomic E-state index is 12.6. The van der Waals surface area contributed by atoms with Crippen LogP contribution in [0.5, 0.6) is 0 Å². The molecule has 1 aromatic rings. The molecule has 1 aliphatic rings. The minimum Gasteiger partial charge on any atom is -0.469 e. The van der Waals surface area contributed by atoms with Gasteiger partial charge >= 0.3 is 5.97 Å². The van der Waals surface area contributed by atoms with Gasteiger partial charge in [-0.1, -0.05) is 0 Å². The van der Waals surface area contributed by atoms with E-state index in [1.807, 2.05) is 0 Å². The zero-order valence-electron chi connectivity index (χ0n) is 13.1. The van der Waals surface area contributed by atoms with E-state index >= 15 is 0 Å². The number of esters is 1. The van der Waals surface area contributed by atoms with Crippen molar-refractivity contribution in [2.75, 3.05) is 27.2 Å². The number of rotatable bonds is 4. The van der Waals surface area contributed by atoms with Gasteiger partial charge in [-0.05, 0) is 37.1 Å². The highest BCUT2D eigenvalue weighted by atomic mass is 32.2. The van der Waals surface area contributed by atoms with E-state index in [0.29, 0.717) is 18.4 Å². The summed E-state index contributed by atoms with van der Waals surface area (Å²) in [6.45, 7) is 0.554. The van der Waals surface area contributed by atoms with E-state index in [1.54, 1.807) is 0 Å². The number of nitrogens with zero attached hydrogens (tertiary/aromatic N) is 1. The van der Waals surface area contributed by atoms with E-state index < -0.39 is 10.0 Å². The van der Waals surface area contributed by atoms with Gasteiger partial charge in [-0.15, -0.1) is 0 Å². The van der Waals surface area contributed by atoms with Crippen LogP contribution in [0.4, 0.5) is 0 Å². The Balaban J connectivity index is 2.10. The number of hydrogen-bond donors (Lipinski definition) is 1. The lowest BCUT2D eigenvalue weighted by atomic mass is 9.99. The fourth-order valence-corrected chi connectivity index (χ4v) is 4.04. The zero-order valence-corrected chi connectivity index (χ0v) is 13.9. The molecule has 0 atom stereocenters. The molecule has 1 aliphatic heterocycles. The summed E-state index contributed by atoms with van der Waals surface area (Å²) >= 11 is 0. The Hall–Kier alpha value is -1.93. The van der Waals surface area contributed by atoms with Crippen molar-refractivity contribution in [3.05, 3.63) is 29.8 Å². The Labute approximate surface area is 135 Å². The third-order valence-electron chi connectivity index (χ3n) is 3.97. The average Bonchev–Trinajstić information content (AvgIpc) is 2.60. The minimum absolute atomic E-state index is 0.140. The molecule has 0 aliphatic carbocycles. The number of hydrogen-bond acceptors (Lipinski definition) is 5. The first-order valence-corrected chi connectivity index (χ1v) is 8.74. The van der Waals surface area contributed by atoms with Crippen LogP contribution >= 0.6 is 0 Å². The van der Waals surface area contributed by atoms with Crippen molar-refractivity contribution in [3.8, 4) is 0 Å². The summed E-state index contributed by atoms with van der Waals surface area (Å²) in [5.74, 6) is -0.813. The molecule has 126 valence electrons. The van der Waals surface area contributed by atoms with Gasteiger partial charge in [0.2, 0.25) is 10.0 Å². The van der Waals surface area contributed by atoms with Gasteiger partial charge in [0, 0.05) is 25.7 Å². The number of amides is 1. The van der Waals surface area contributed by atoms with E-state index in [1.165, 1.54) is 42.7 Å². The zero-order chi connectivity index (χ0) is 17.0. The van der Waals surface area contributed by atoms with Crippen LogP contribution in [0.1, 0.15) is 23.2 Å². The molecule has 1 heterocycles. The Morgan fingerprint density at radius 3 is 2.22 bits per heavy atom. The van der Waals surface area contributed by atoms with Crippen molar-refractivity contribution in [1.29, 1.82) is 0 Å². The maximum atomic E-state index is 12.6. The molecule has 0 radical (unpaired) electrons. The molecule has 0 aromatic heterocycles. The molecule has 0 spiro atoms. The molecule has 0 saturated carbocycles. The normalized spacial score (nSPS) is 16.8. The van der Waals surface area contributed by atoms with Crippen LogP contribution in [0.15, 0.2) is 29.2 Å². The van der Waals surface area contributed by atoms with E-state index in [2.05, 4.69) is 5.32 Å². The van der Waals surface area contributed by atoms with Crippen LogP contribution in [0.2, 0.25) is 0 Å². The standard InChI is InChI=1S/C15H20N2O5S/c1-16-14(18)11-3-5-13(6-4-11)23(20,21)17-9-7-12(8-10-17)15(19)22-2/h3-6,12H,7-10H2,1-2H3,(H,16,18). The predicted octanol–water partition coefficient (Wildman–Crippen LogP) is 0.620. The lowest BCUT2D eigenvalue weighted by Gasteiger charge is -2.29. The number of carbonyl (C=O) groups excluding carboxylic acids is 2. The Morgan fingerprint density at radius 2 is 1.74 bits per heavy atom. The summed E-state index contributed by atoms with van der Waals surface area (Å²) in [5, 5.41) is 2.48. The molecule has 0 unspecified atom stereocenters. The highest BCUT2D eigenvalue weighted by Gasteiger charge is 2.32. The lowest BCUT2D eigenvalue weighted by Crippen LogP contribution is -2.40. The van der Waals surface area contributed by atoms with Crippen molar-refractivity contribution in [3.63, 3.8) is 0 Å². The van der Waals surface area contributed by atoms with Crippen LogP contribution in [-0.2, 0) is 19.6 Å². The summed E-state index contributed by atoms with van der Waals surface area (Å²) in [6, 6.07) is 5.80. The van der Waals surface area contributed by atoms with E-state index in [4.69, 9.17) is 4.74 Å². The highest BCUT2D eigenvalue weighted by molar-refractivity contribution is 7.89. The second-order valence-electron chi connectivity index (χ2n) is 5.31. The number of methoxy groups -OCH3 is 1. The Kier molecular flexibility index (Phi) is 5.38. The first-order chi connectivity index (χ1) is 10.9. The molecule has 1 amide bonds. The predicted molar refractivity (Wildman–Crippen MR) is 83.3 cm³/mol. The number of nitrogens with one attached hydrogen (secondary N) is 1. The Morgan fingerprint density at radius 1 is 1.17 bits per heavy atom. The molecule has 2 rings (SSSR count). The van der Waals surface area contributed by atoms with Crippen LogP contribution in [0.25, 0.3) is 0 Å². The first-order valence-electron chi connectivity index (χ1n) is 7.30. The molecular weight excluding hydrogens is 320 g/mol. The second kappa shape index (κ2) is 7.10. The topological polar surface area (TPSA) is 92.8 Å². The van der Waals surface area contributed by atoms with Crippen molar-refractivity contribution < 1.29 is 22.7 Å². The third kappa shape index (κ3) is 3.70. The van der Waals surface area contributed by atoms with E-state index in [-0.39, 0.29) is 35.8 Å². The van der Waals surface area contributed by atoms with Crippen molar-refractivity contribution in [1.82, 2.24) is 9.62 Å². The number of carbonyl (C=O) groups is 2. The lowest BCUT2D eigenvalue weighted by molar-refractivity contribution is -0.146. The van der Waals surface area contributed by atoms with Gasteiger partial charge in [0.15, 0.2) is 0 Å². The highest BCUT2D eigenvalue weighted by Crippen LogP contribution is 2.24. The molecule has 1 N–H and O–H groups in total. The molecule has 1 fully saturated rings. The van der Waals surface area contributed by atoms with Crippen molar-refractivity contribution in [2.24, 2.45) is 5.92 Å². The monoisotopic (exact) mass is 340 g/mol. The summed E-state index contributed by atoms with van der Waals surface area (Å²) < 4.78 is 31.2. The molecule has 8 heteroatoms. The SMILES string of the molecule is CNC(=O)c1ccc(S(=O)(=O)N2CCC(C(=O)OC)CC2)cc1. The maximum Gasteiger partial charge on any atom is 0.308 e. The van der Waals surface area contributed by atoms with Crippen LogP contribution in [0, 0.1) is 5.92 Å². The molecular formula is C15H20N2O5S. The van der Waals surface area contributed by atoms with Gasteiger partial charge in [-0.2, -0.15) is 4.31 Å². The summed E-state index contributed by atoms with van der Waals surface area (Å²) in [7, 11) is -0.772. The van der Waals surface area contributed by atoms with Gasteiger partial charge < -0.3 is 10.1 Å². The largest absolute Gasteiger partial charge is 0.469 e. The fraction of sp³-hybridized carbons (Fsp3) is 0.467. The minimum atomic E-state index is -3.62. The summed E-state index contributed by atoms with van der Waals surface area (Å²) in [6.07, 6.45) is 0.893. The van der Waals surface area contributed by atoms with Crippen molar-refractivity contribution >= 4 is 21.9 Å². The molecule has 7 nitrogen and oxygen atoms in total. The van der Waals surface area contributed by atoms with Gasteiger partial charge in [0.05, 0.1) is 17.9 Å². The average molecular weight is 340 g/mol. The smallest absolute Gasteiger partial charge is 0.308 e. The summed E-state index contributed by atoms with van der Waals surface area (Å²) in [4.78, 5) is 23.1. The molecule has 1 aromatic carbocycles. The van der Waals surface area contributed by atoms with Crippen LogP contribution in [-0.4, -0.2) is 51.8 Å². The number of ether oxygens (including phenoxy) is 1.